The molecule has 0 unspecified atom stereocenters. The van der Waals surface area contributed by atoms with Crippen LogP contribution in [0.2, 0.25) is 0 Å². The summed E-state index contributed by atoms with van der Waals surface area (Å²) in [6.07, 6.45) is 1.21. The quantitative estimate of drug-likeness (QED) is 0.871. The van der Waals surface area contributed by atoms with E-state index in [9.17, 15) is 4.79 Å². The van der Waals surface area contributed by atoms with Crippen molar-refractivity contribution in [1.29, 1.82) is 0 Å². The number of rotatable bonds is 4. The van der Waals surface area contributed by atoms with Gasteiger partial charge in [-0.3, -0.25) is 4.79 Å². The van der Waals surface area contributed by atoms with Gasteiger partial charge in [-0.05, 0) is 30.2 Å². The van der Waals surface area contributed by atoms with Crippen molar-refractivity contribution in [2.75, 3.05) is 20.3 Å². The molecule has 1 aliphatic heterocycles. The van der Waals surface area contributed by atoms with E-state index in [0.717, 1.165) is 29.0 Å². The lowest BCUT2D eigenvalue weighted by Crippen LogP contribution is -2.32. The van der Waals surface area contributed by atoms with Crippen molar-refractivity contribution in [1.82, 2.24) is 4.90 Å². The molecule has 0 aliphatic carbocycles. The molecular weight excluding hydrogens is 290 g/mol. The Balaban J connectivity index is 1.62. The topological polar surface area (TPSA) is 38.8 Å². The summed E-state index contributed by atoms with van der Waals surface area (Å²) in [5.74, 6) is 1.87. The molecule has 0 saturated heterocycles. The van der Waals surface area contributed by atoms with E-state index in [1.54, 1.807) is 7.11 Å². The second-order valence-electron chi connectivity index (χ2n) is 5.62. The molecule has 1 heterocycles. The average Bonchev–Trinajstić information content (AvgIpc) is 2.82. The minimum Gasteiger partial charge on any atom is -0.497 e. The van der Waals surface area contributed by atoms with E-state index < -0.39 is 0 Å². The third-order valence-electron chi connectivity index (χ3n) is 4.07. The predicted octanol–water partition coefficient (Wildman–Crippen LogP) is 3.05. The van der Waals surface area contributed by atoms with Crippen LogP contribution in [0, 0.1) is 0 Å². The zero-order valence-electron chi connectivity index (χ0n) is 13.3. The first-order valence-electron chi connectivity index (χ1n) is 7.87. The summed E-state index contributed by atoms with van der Waals surface area (Å²) in [5.41, 5.74) is 2.18. The first-order valence-corrected chi connectivity index (χ1v) is 7.87. The van der Waals surface area contributed by atoms with Crippen LogP contribution >= 0.6 is 0 Å². The van der Waals surface area contributed by atoms with E-state index >= 15 is 0 Å². The Labute approximate surface area is 136 Å². The number of aryl methyl sites for hydroxylation is 1. The van der Waals surface area contributed by atoms with Gasteiger partial charge in [0.1, 0.15) is 18.1 Å². The van der Waals surface area contributed by atoms with Crippen molar-refractivity contribution < 1.29 is 14.3 Å². The molecule has 2 aromatic carbocycles. The smallest absolute Gasteiger partial charge is 0.223 e. The number of carbonyl (C=O) groups excluding carboxylic acids is 1. The van der Waals surface area contributed by atoms with Crippen molar-refractivity contribution in [2.24, 2.45) is 0 Å². The standard InChI is InChI=1S/C19H21NO3/c1-22-17-7-4-5-15(13-17)9-10-19(21)20-11-12-23-18-8-3-2-6-16(18)14-20/h2-8,13H,9-12,14H2,1H3. The van der Waals surface area contributed by atoms with E-state index in [0.29, 0.717) is 26.1 Å². The van der Waals surface area contributed by atoms with Crippen molar-refractivity contribution in [3.8, 4) is 11.5 Å². The van der Waals surface area contributed by atoms with Gasteiger partial charge in [0.25, 0.3) is 0 Å². The fraction of sp³-hybridized carbons (Fsp3) is 0.316. The fourth-order valence-corrected chi connectivity index (χ4v) is 2.78. The molecule has 0 atom stereocenters. The van der Waals surface area contributed by atoms with Gasteiger partial charge in [0.05, 0.1) is 13.7 Å². The lowest BCUT2D eigenvalue weighted by Gasteiger charge is -2.20. The van der Waals surface area contributed by atoms with Crippen molar-refractivity contribution >= 4 is 5.91 Å². The molecule has 1 amide bonds. The molecule has 1 aliphatic rings. The van der Waals surface area contributed by atoms with Crippen LogP contribution in [0.15, 0.2) is 48.5 Å². The third-order valence-corrected chi connectivity index (χ3v) is 4.07. The number of carbonyl (C=O) groups is 1. The van der Waals surface area contributed by atoms with Crippen LogP contribution in [0.25, 0.3) is 0 Å². The number of hydrogen-bond donors (Lipinski definition) is 0. The number of methoxy groups -OCH3 is 1. The van der Waals surface area contributed by atoms with Crippen LogP contribution in [-0.4, -0.2) is 31.1 Å². The zero-order chi connectivity index (χ0) is 16.1. The molecule has 0 bridgehead atoms. The minimum absolute atomic E-state index is 0.160. The van der Waals surface area contributed by atoms with Crippen LogP contribution < -0.4 is 9.47 Å². The monoisotopic (exact) mass is 311 g/mol. The van der Waals surface area contributed by atoms with Crippen LogP contribution in [0.3, 0.4) is 0 Å². The highest BCUT2D eigenvalue weighted by atomic mass is 16.5. The molecule has 0 spiro atoms. The first-order chi connectivity index (χ1) is 11.3. The molecule has 4 nitrogen and oxygen atoms in total. The number of para-hydroxylation sites is 1. The van der Waals surface area contributed by atoms with Gasteiger partial charge in [-0.15, -0.1) is 0 Å². The molecule has 4 heteroatoms. The average molecular weight is 311 g/mol. The lowest BCUT2D eigenvalue weighted by molar-refractivity contribution is -0.131. The van der Waals surface area contributed by atoms with E-state index in [1.807, 2.05) is 53.4 Å². The number of benzene rings is 2. The molecule has 0 N–H and O–H groups in total. The maximum atomic E-state index is 12.5. The third kappa shape index (κ3) is 3.83. The summed E-state index contributed by atoms with van der Waals surface area (Å²) < 4.78 is 10.9. The van der Waals surface area contributed by atoms with Crippen LogP contribution in [0.5, 0.6) is 11.5 Å². The second kappa shape index (κ2) is 7.18. The summed E-state index contributed by atoms with van der Waals surface area (Å²) in [4.78, 5) is 14.4. The summed E-state index contributed by atoms with van der Waals surface area (Å²) in [6.45, 7) is 1.79. The van der Waals surface area contributed by atoms with E-state index in [4.69, 9.17) is 9.47 Å². The number of fused-ring (bicyclic) bond motifs is 1. The van der Waals surface area contributed by atoms with E-state index in [1.165, 1.54) is 0 Å². The van der Waals surface area contributed by atoms with Gasteiger partial charge in [-0.25, -0.2) is 0 Å². The maximum Gasteiger partial charge on any atom is 0.223 e. The Hall–Kier alpha value is -2.49. The van der Waals surface area contributed by atoms with Crippen molar-refractivity contribution in [3.63, 3.8) is 0 Å². The predicted molar refractivity (Wildman–Crippen MR) is 88.7 cm³/mol. The molecule has 120 valence electrons. The van der Waals surface area contributed by atoms with Gasteiger partial charge in [0.2, 0.25) is 5.91 Å². The van der Waals surface area contributed by atoms with Crippen LogP contribution in [-0.2, 0) is 17.8 Å². The molecule has 23 heavy (non-hydrogen) atoms. The summed E-state index contributed by atoms with van der Waals surface area (Å²) >= 11 is 0. The number of ether oxygens (including phenoxy) is 2. The Bertz CT molecular complexity index is 684. The van der Waals surface area contributed by atoms with Gasteiger partial charge in [0.15, 0.2) is 0 Å². The minimum atomic E-state index is 0.160. The SMILES string of the molecule is COc1cccc(CCC(=O)N2CCOc3ccccc3C2)c1. The highest BCUT2D eigenvalue weighted by Gasteiger charge is 2.19. The fourth-order valence-electron chi connectivity index (χ4n) is 2.78. The summed E-state index contributed by atoms with van der Waals surface area (Å²) in [5, 5.41) is 0. The molecule has 3 rings (SSSR count). The molecular formula is C19H21NO3. The van der Waals surface area contributed by atoms with Gasteiger partial charge < -0.3 is 14.4 Å². The molecule has 0 radical (unpaired) electrons. The second-order valence-corrected chi connectivity index (χ2v) is 5.62. The molecule has 0 fully saturated rings. The Morgan fingerprint density at radius 3 is 2.96 bits per heavy atom. The van der Waals surface area contributed by atoms with Gasteiger partial charge in [-0.2, -0.15) is 0 Å². The zero-order valence-corrected chi connectivity index (χ0v) is 13.3. The number of hydrogen-bond acceptors (Lipinski definition) is 3. The van der Waals surface area contributed by atoms with E-state index in [2.05, 4.69) is 0 Å². The Morgan fingerprint density at radius 1 is 1.22 bits per heavy atom. The van der Waals surface area contributed by atoms with Gasteiger partial charge >= 0.3 is 0 Å². The van der Waals surface area contributed by atoms with Crippen molar-refractivity contribution in [3.05, 3.63) is 59.7 Å². The molecule has 0 aromatic heterocycles. The molecule has 0 saturated carbocycles. The van der Waals surface area contributed by atoms with E-state index in [-0.39, 0.29) is 5.91 Å². The highest BCUT2D eigenvalue weighted by molar-refractivity contribution is 5.76. The van der Waals surface area contributed by atoms with Crippen LogP contribution in [0.1, 0.15) is 17.5 Å². The Morgan fingerprint density at radius 2 is 2.09 bits per heavy atom. The highest BCUT2D eigenvalue weighted by Crippen LogP contribution is 2.23. The first kappa shape index (κ1) is 15.4. The normalized spacial score (nSPS) is 13.7. The summed E-state index contributed by atoms with van der Waals surface area (Å²) in [7, 11) is 1.65. The number of amides is 1. The van der Waals surface area contributed by atoms with Gasteiger partial charge in [0, 0.05) is 18.5 Å². The summed E-state index contributed by atoms with van der Waals surface area (Å²) in [6, 6.07) is 15.8. The lowest BCUT2D eigenvalue weighted by atomic mass is 10.1. The van der Waals surface area contributed by atoms with Crippen LogP contribution in [0.4, 0.5) is 0 Å². The molecule has 2 aromatic rings. The maximum absolute atomic E-state index is 12.5. The van der Waals surface area contributed by atoms with Crippen molar-refractivity contribution in [2.45, 2.75) is 19.4 Å². The number of nitrogens with zero attached hydrogens (tertiary/aromatic N) is 1. The van der Waals surface area contributed by atoms with Gasteiger partial charge in [-0.1, -0.05) is 30.3 Å². The largest absolute Gasteiger partial charge is 0.497 e. The Kier molecular flexibility index (Phi) is 4.81.